The van der Waals surface area contributed by atoms with Crippen LogP contribution < -0.4 is 10.1 Å². The summed E-state index contributed by atoms with van der Waals surface area (Å²) >= 11 is 1.54. The van der Waals surface area contributed by atoms with Crippen molar-refractivity contribution in [3.05, 3.63) is 51.9 Å². The van der Waals surface area contributed by atoms with Crippen LogP contribution in [0, 0.1) is 17.2 Å². The van der Waals surface area contributed by atoms with Crippen molar-refractivity contribution in [2.45, 2.75) is 26.2 Å². The van der Waals surface area contributed by atoms with Gasteiger partial charge in [0.05, 0.1) is 12.7 Å². The number of ether oxygens (including phenoxy) is 1. The van der Waals surface area contributed by atoms with E-state index in [1.165, 1.54) is 11.0 Å². The summed E-state index contributed by atoms with van der Waals surface area (Å²) in [5.41, 5.74) is 2.67. The summed E-state index contributed by atoms with van der Waals surface area (Å²) in [7, 11) is 1.62. The van der Waals surface area contributed by atoms with Crippen LogP contribution in [0.25, 0.3) is 6.08 Å². The average molecular weight is 352 g/mol. The van der Waals surface area contributed by atoms with E-state index < -0.39 is 0 Å². The van der Waals surface area contributed by atoms with Gasteiger partial charge in [-0.25, -0.2) is 0 Å². The average Bonchev–Trinajstić information content (AvgIpc) is 2.96. The Bertz CT molecular complexity index is 844. The molecular weight excluding hydrogens is 332 g/mol. The Labute approximate surface area is 151 Å². The first-order valence-corrected chi connectivity index (χ1v) is 9.10. The van der Waals surface area contributed by atoms with Crippen molar-refractivity contribution in [2.75, 3.05) is 12.4 Å². The Balaban J connectivity index is 1.72. The number of hydrogen-bond acceptors (Lipinski definition) is 4. The van der Waals surface area contributed by atoms with Crippen LogP contribution in [0.15, 0.2) is 30.3 Å². The number of hydrogen-bond donors (Lipinski definition) is 1. The third kappa shape index (κ3) is 3.92. The Morgan fingerprint density at radius 1 is 1.40 bits per heavy atom. The highest BCUT2D eigenvalue weighted by molar-refractivity contribution is 7.16. The predicted octanol–water partition coefficient (Wildman–Crippen LogP) is 4.41. The molecule has 1 aliphatic rings. The number of fused-ring (bicyclic) bond motifs is 1. The van der Waals surface area contributed by atoms with E-state index in [9.17, 15) is 10.1 Å². The number of carbonyl (C=O) groups excluding carboxylic acids is 1. The Kier molecular flexibility index (Phi) is 5.20. The van der Waals surface area contributed by atoms with Gasteiger partial charge in [-0.3, -0.25) is 4.79 Å². The molecule has 0 bridgehead atoms. The largest absolute Gasteiger partial charge is 0.497 e. The second-order valence-corrected chi connectivity index (χ2v) is 7.37. The van der Waals surface area contributed by atoms with Gasteiger partial charge in [-0.1, -0.05) is 19.1 Å². The van der Waals surface area contributed by atoms with E-state index in [0.717, 1.165) is 36.1 Å². The first-order chi connectivity index (χ1) is 12.1. The SMILES string of the molecule is COc1ccc(C=CC(=O)Nc2sc3c(c2C#N)CCC(C)C3)cc1. The van der Waals surface area contributed by atoms with Crippen LogP contribution in [-0.2, 0) is 17.6 Å². The van der Waals surface area contributed by atoms with Gasteiger partial charge < -0.3 is 10.1 Å². The van der Waals surface area contributed by atoms with E-state index in [1.54, 1.807) is 24.5 Å². The van der Waals surface area contributed by atoms with Gasteiger partial charge in [-0.15, -0.1) is 11.3 Å². The summed E-state index contributed by atoms with van der Waals surface area (Å²) in [5.74, 6) is 1.19. The maximum atomic E-state index is 12.2. The van der Waals surface area contributed by atoms with E-state index in [-0.39, 0.29) is 5.91 Å². The molecule has 0 fully saturated rings. The van der Waals surface area contributed by atoms with Gasteiger partial charge in [0.25, 0.3) is 0 Å². The zero-order chi connectivity index (χ0) is 17.8. The molecule has 1 heterocycles. The highest BCUT2D eigenvalue weighted by Gasteiger charge is 2.24. The van der Waals surface area contributed by atoms with Crippen LogP contribution >= 0.6 is 11.3 Å². The molecule has 0 aliphatic heterocycles. The maximum Gasteiger partial charge on any atom is 0.249 e. The molecule has 1 N–H and O–H groups in total. The zero-order valence-electron chi connectivity index (χ0n) is 14.3. The number of nitrogens with one attached hydrogen (secondary N) is 1. The number of nitriles is 1. The van der Waals surface area contributed by atoms with Gasteiger partial charge >= 0.3 is 0 Å². The van der Waals surface area contributed by atoms with Gasteiger partial charge in [0.2, 0.25) is 5.91 Å². The molecule has 0 saturated heterocycles. The summed E-state index contributed by atoms with van der Waals surface area (Å²) in [4.78, 5) is 13.5. The van der Waals surface area contributed by atoms with Gasteiger partial charge in [0.15, 0.2) is 0 Å². The molecule has 1 atom stereocenters. The predicted molar refractivity (Wildman–Crippen MR) is 101 cm³/mol. The number of anilines is 1. The lowest BCUT2D eigenvalue weighted by atomic mass is 9.89. The molecule has 1 amide bonds. The fourth-order valence-electron chi connectivity index (χ4n) is 3.00. The highest BCUT2D eigenvalue weighted by atomic mass is 32.1. The summed E-state index contributed by atoms with van der Waals surface area (Å²) < 4.78 is 5.11. The number of thiophene rings is 1. The highest BCUT2D eigenvalue weighted by Crippen LogP contribution is 2.39. The molecule has 2 aromatic rings. The third-order valence-electron chi connectivity index (χ3n) is 4.40. The second-order valence-electron chi connectivity index (χ2n) is 6.26. The number of methoxy groups -OCH3 is 1. The fourth-order valence-corrected chi connectivity index (χ4v) is 4.36. The Morgan fingerprint density at radius 2 is 2.16 bits per heavy atom. The van der Waals surface area contributed by atoms with Crippen molar-refractivity contribution in [3.8, 4) is 11.8 Å². The lowest BCUT2D eigenvalue weighted by Crippen LogP contribution is -2.10. The number of nitrogens with zero attached hydrogens (tertiary/aromatic N) is 1. The van der Waals surface area contributed by atoms with Gasteiger partial charge in [0, 0.05) is 11.0 Å². The van der Waals surface area contributed by atoms with E-state index >= 15 is 0 Å². The van der Waals surface area contributed by atoms with Crippen LogP contribution in [0.4, 0.5) is 5.00 Å². The number of carbonyl (C=O) groups is 1. The Hall–Kier alpha value is -2.58. The van der Waals surface area contributed by atoms with Crippen molar-refractivity contribution in [1.82, 2.24) is 0 Å². The van der Waals surface area contributed by atoms with Crippen LogP contribution in [0.2, 0.25) is 0 Å². The van der Waals surface area contributed by atoms with Gasteiger partial charge in [-0.05, 0) is 54.5 Å². The first kappa shape index (κ1) is 17.2. The minimum Gasteiger partial charge on any atom is -0.497 e. The molecule has 3 rings (SSSR count). The number of benzene rings is 1. The van der Waals surface area contributed by atoms with Crippen molar-refractivity contribution in [1.29, 1.82) is 5.26 Å². The minimum atomic E-state index is -0.223. The Morgan fingerprint density at radius 3 is 2.84 bits per heavy atom. The zero-order valence-corrected chi connectivity index (χ0v) is 15.2. The standard InChI is InChI=1S/C20H20N2O2S/c1-13-3-9-16-17(12-21)20(25-18(16)11-13)22-19(23)10-6-14-4-7-15(24-2)8-5-14/h4-8,10,13H,3,9,11H2,1-2H3,(H,22,23). The number of amides is 1. The quantitative estimate of drug-likeness (QED) is 0.829. The van der Waals surface area contributed by atoms with Crippen molar-refractivity contribution in [3.63, 3.8) is 0 Å². The lowest BCUT2D eigenvalue weighted by molar-refractivity contribution is -0.111. The van der Waals surface area contributed by atoms with E-state index in [1.807, 2.05) is 24.3 Å². The van der Waals surface area contributed by atoms with Crippen molar-refractivity contribution < 1.29 is 9.53 Å². The summed E-state index contributed by atoms with van der Waals surface area (Å²) in [6, 6.07) is 9.73. The molecular formula is C20H20N2O2S. The first-order valence-electron chi connectivity index (χ1n) is 8.28. The molecule has 1 aromatic heterocycles. The van der Waals surface area contributed by atoms with Crippen molar-refractivity contribution in [2.24, 2.45) is 5.92 Å². The van der Waals surface area contributed by atoms with E-state index in [2.05, 4.69) is 18.3 Å². The van der Waals surface area contributed by atoms with Gasteiger partial charge in [-0.2, -0.15) is 5.26 Å². The minimum absolute atomic E-state index is 0.223. The monoisotopic (exact) mass is 352 g/mol. The van der Waals surface area contributed by atoms with Crippen molar-refractivity contribution >= 4 is 28.3 Å². The van der Waals surface area contributed by atoms with Crippen LogP contribution in [0.5, 0.6) is 5.75 Å². The van der Waals surface area contributed by atoms with Gasteiger partial charge in [0.1, 0.15) is 16.8 Å². The molecule has 0 spiro atoms. The molecule has 1 aromatic carbocycles. The van der Waals surface area contributed by atoms with Crippen LogP contribution in [-0.4, -0.2) is 13.0 Å². The molecule has 25 heavy (non-hydrogen) atoms. The van der Waals surface area contributed by atoms with Crippen LogP contribution in [0.1, 0.15) is 34.9 Å². The molecule has 4 nitrogen and oxygen atoms in total. The lowest BCUT2D eigenvalue weighted by Gasteiger charge is -2.17. The maximum absolute atomic E-state index is 12.2. The normalized spacial score (nSPS) is 16.3. The second kappa shape index (κ2) is 7.54. The smallest absolute Gasteiger partial charge is 0.249 e. The molecule has 5 heteroatoms. The molecule has 128 valence electrons. The summed E-state index contributed by atoms with van der Waals surface area (Å²) in [6.45, 7) is 2.23. The summed E-state index contributed by atoms with van der Waals surface area (Å²) in [6.07, 6.45) is 6.25. The van der Waals surface area contributed by atoms with E-state index in [0.29, 0.717) is 16.5 Å². The topological polar surface area (TPSA) is 62.1 Å². The third-order valence-corrected chi connectivity index (χ3v) is 5.57. The van der Waals surface area contributed by atoms with E-state index in [4.69, 9.17) is 4.74 Å². The molecule has 1 aliphatic carbocycles. The number of rotatable bonds is 4. The van der Waals surface area contributed by atoms with Crippen LogP contribution in [0.3, 0.4) is 0 Å². The fraction of sp³-hybridized carbons (Fsp3) is 0.300. The molecule has 0 radical (unpaired) electrons. The summed E-state index contributed by atoms with van der Waals surface area (Å²) in [5, 5.41) is 13.0. The molecule has 0 saturated carbocycles. The molecule has 1 unspecified atom stereocenters.